The molecule has 2 aliphatic rings. The van der Waals surface area contributed by atoms with Crippen molar-refractivity contribution in [2.24, 2.45) is 5.92 Å². The first-order valence-corrected chi connectivity index (χ1v) is 9.86. The van der Waals surface area contributed by atoms with Crippen molar-refractivity contribution in [1.82, 2.24) is 9.80 Å². The molecule has 0 N–H and O–H groups in total. The summed E-state index contributed by atoms with van der Waals surface area (Å²) in [5, 5.41) is 0. The molecule has 0 radical (unpaired) electrons. The van der Waals surface area contributed by atoms with E-state index in [9.17, 15) is 0 Å². The van der Waals surface area contributed by atoms with Gasteiger partial charge in [-0.3, -0.25) is 4.90 Å². The quantitative estimate of drug-likeness (QED) is 0.567. The van der Waals surface area contributed by atoms with E-state index in [0.717, 1.165) is 5.92 Å². The molecule has 0 aromatic heterocycles. The summed E-state index contributed by atoms with van der Waals surface area (Å²) in [4.78, 5) is 5.26. The Morgan fingerprint density at radius 2 is 1.64 bits per heavy atom. The second-order valence-electron chi connectivity index (χ2n) is 7.49. The van der Waals surface area contributed by atoms with Crippen molar-refractivity contribution in [1.29, 1.82) is 0 Å². The van der Waals surface area contributed by atoms with Gasteiger partial charge in [0.05, 0.1) is 11.5 Å². The second kappa shape index (κ2) is 9.51. The van der Waals surface area contributed by atoms with Crippen molar-refractivity contribution >= 4 is 12.6 Å². The van der Waals surface area contributed by atoms with Gasteiger partial charge in [-0.25, -0.2) is 0 Å². The number of nitrogens with zero attached hydrogens (tertiary/aromatic N) is 2. The van der Waals surface area contributed by atoms with Crippen LogP contribution in [0.4, 0.5) is 0 Å². The van der Waals surface area contributed by atoms with Crippen LogP contribution in [0.5, 0.6) is 0 Å². The maximum atomic E-state index is 5.82. The van der Waals surface area contributed by atoms with Crippen molar-refractivity contribution in [2.75, 3.05) is 32.7 Å². The molecular weight excluding hydrogens is 292 g/mol. The molecule has 0 unspecified atom stereocenters. The maximum Gasteiger partial charge on any atom is 0.0975 e. The van der Waals surface area contributed by atoms with Gasteiger partial charge in [0.15, 0.2) is 0 Å². The third-order valence-electron chi connectivity index (χ3n) is 5.41. The number of rotatable bonds is 7. The third kappa shape index (κ3) is 6.38. The predicted molar refractivity (Wildman–Crippen MR) is 97.7 cm³/mol. The normalized spacial score (nSPS) is 29.9. The van der Waals surface area contributed by atoms with Crippen LogP contribution >= 0.6 is 12.6 Å². The van der Waals surface area contributed by atoms with E-state index < -0.39 is 0 Å². The van der Waals surface area contributed by atoms with Crippen molar-refractivity contribution in [3.05, 3.63) is 0 Å². The fourth-order valence-corrected chi connectivity index (χ4v) is 4.11. The van der Waals surface area contributed by atoms with Crippen LogP contribution in [0.2, 0.25) is 0 Å². The Morgan fingerprint density at radius 3 is 2.18 bits per heavy atom. The average Bonchev–Trinajstić information content (AvgIpc) is 2.49. The molecule has 1 saturated carbocycles. The summed E-state index contributed by atoms with van der Waals surface area (Å²) < 4.78 is 5.82. The van der Waals surface area contributed by atoms with Crippen LogP contribution < -0.4 is 0 Å². The molecule has 1 aliphatic carbocycles. The highest BCUT2D eigenvalue weighted by Gasteiger charge is 2.23. The largest absolute Gasteiger partial charge is 0.365 e. The fraction of sp³-hybridized carbons (Fsp3) is 1.00. The average molecular weight is 329 g/mol. The molecule has 1 heterocycles. The molecule has 3 nitrogen and oxygen atoms in total. The monoisotopic (exact) mass is 328 g/mol. The van der Waals surface area contributed by atoms with Crippen LogP contribution in [0.15, 0.2) is 0 Å². The molecule has 1 atom stereocenters. The van der Waals surface area contributed by atoms with Gasteiger partial charge < -0.3 is 9.64 Å². The zero-order chi connectivity index (χ0) is 15.9. The molecule has 0 spiro atoms. The summed E-state index contributed by atoms with van der Waals surface area (Å²) in [6.07, 6.45) is 8.44. The van der Waals surface area contributed by atoms with Crippen LogP contribution in [0.3, 0.4) is 0 Å². The van der Waals surface area contributed by atoms with E-state index in [4.69, 9.17) is 4.74 Å². The van der Waals surface area contributed by atoms with Gasteiger partial charge in [0.1, 0.15) is 0 Å². The summed E-state index contributed by atoms with van der Waals surface area (Å²) in [6.45, 7) is 13.0. The first-order valence-electron chi connectivity index (χ1n) is 9.34. The highest BCUT2D eigenvalue weighted by Crippen LogP contribution is 2.30. The van der Waals surface area contributed by atoms with Crippen LogP contribution in [-0.2, 0) is 4.74 Å². The lowest BCUT2D eigenvalue weighted by Crippen LogP contribution is -2.48. The van der Waals surface area contributed by atoms with Gasteiger partial charge in [0.25, 0.3) is 0 Å². The molecule has 0 aromatic rings. The Kier molecular flexibility index (Phi) is 8.02. The minimum atomic E-state index is 0.0889. The molecule has 2 fully saturated rings. The first kappa shape index (κ1) is 18.6. The molecule has 2 rings (SSSR count). The summed E-state index contributed by atoms with van der Waals surface area (Å²) in [7, 11) is 0. The van der Waals surface area contributed by atoms with Gasteiger partial charge in [0.2, 0.25) is 0 Å². The van der Waals surface area contributed by atoms with E-state index in [2.05, 4.69) is 36.3 Å². The zero-order valence-electron chi connectivity index (χ0n) is 14.8. The molecule has 0 amide bonds. The Hall–Kier alpha value is 0.230. The molecule has 130 valence electrons. The summed E-state index contributed by atoms with van der Waals surface area (Å²) in [6, 6.07) is 0.708. The van der Waals surface area contributed by atoms with Crippen LogP contribution in [0.25, 0.3) is 0 Å². The summed E-state index contributed by atoms with van der Waals surface area (Å²) in [5.41, 5.74) is 0.0889. The smallest absolute Gasteiger partial charge is 0.0975 e. The first-order chi connectivity index (χ1) is 10.5. The molecule has 1 saturated heterocycles. The lowest BCUT2D eigenvalue weighted by molar-refractivity contribution is 0.00957. The van der Waals surface area contributed by atoms with E-state index >= 15 is 0 Å². The van der Waals surface area contributed by atoms with Gasteiger partial charge >= 0.3 is 0 Å². The van der Waals surface area contributed by atoms with Crippen molar-refractivity contribution in [3.63, 3.8) is 0 Å². The fourth-order valence-electron chi connectivity index (χ4n) is 3.94. The van der Waals surface area contributed by atoms with Crippen molar-refractivity contribution < 1.29 is 4.74 Å². The minimum absolute atomic E-state index is 0.0889. The molecule has 1 aliphatic heterocycles. The lowest BCUT2D eigenvalue weighted by atomic mass is 9.84. The van der Waals surface area contributed by atoms with Crippen LogP contribution in [-0.4, -0.2) is 60.1 Å². The summed E-state index contributed by atoms with van der Waals surface area (Å²) >= 11 is 4.33. The van der Waals surface area contributed by atoms with Gasteiger partial charge in [-0.15, -0.1) is 12.6 Å². The Morgan fingerprint density at radius 1 is 1.00 bits per heavy atom. The number of piperazine rings is 1. The Balaban J connectivity index is 1.53. The summed E-state index contributed by atoms with van der Waals surface area (Å²) in [5.74, 6) is 0.937. The van der Waals surface area contributed by atoms with Crippen LogP contribution in [0, 0.1) is 5.92 Å². The second-order valence-corrected chi connectivity index (χ2v) is 8.22. The molecule has 0 bridgehead atoms. The number of ether oxygens (including phenoxy) is 1. The van der Waals surface area contributed by atoms with Gasteiger partial charge in [0, 0.05) is 32.2 Å². The van der Waals surface area contributed by atoms with E-state index in [0.29, 0.717) is 12.1 Å². The minimum Gasteiger partial charge on any atom is -0.365 e. The topological polar surface area (TPSA) is 15.7 Å². The number of hydrogen-bond acceptors (Lipinski definition) is 4. The van der Waals surface area contributed by atoms with Crippen LogP contribution in [0.1, 0.15) is 59.3 Å². The van der Waals surface area contributed by atoms with E-state index in [1.165, 1.54) is 71.2 Å². The number of thiol groups is 1. The van der Waals surface area contributed by atoms with Gasteiger partial charge in [-0.2, -0.15) is 0 Å². The van der Waals surface area contributed by atoms with E-state index in [1.54, 1.807) is 0 Å². The Labute approximate surface area is 143 Å². The molecule has 22 heavy (non-hydrogen) atoms. The molecule has 4 heteroatoms. The highest BCUT2D eigenvalue weighted by molar-refractivity contribution is 7.80. The predicted octanol–water partition coefficient (Wildman–Crippen LogP) is 3.64. The molecular formula is C18H36N2OS. The standard InChI is InChI=1S/C18H36N2OS/c1-15(2)20-13-11-19(12-14-20)10-4-5-17-6-8-18(9-7-17)21-16(3)22/h15-18,22H,4-14H2,1-3H3/t16-,17-,18-/m0/s1. The maximum absolute atomic E-state index is 5.82. The van der Waals surface area contributed by atoms with Crippen molar-refractivity contribution in [3.8, 4) is 0 Å². The Bertz CT molecular complexity index is 295. The van der Waals surface area contributed by atoms with Gasteiger partial charge in [-0.1, -0.05) is 0 Å². The molecule has 0 aromatic carbocycles. The zero-order valence-corrected chi connectivity index (χ0v) is 15.7. The van der Waals surface area contributed by atoms with E-state index in [1.807, 2.05) is 6.92 Å². The van der Waals surface area contributed by atoms with E-state index in [-0.39, 0.29) is 5.44 Å². The SMILES string of the molecule is CC(C)N1CCN(CCC[C@H]2CC[C@H](O[C@H](C)S)CC2)CC1. The van der Waals surface area contributed by atoms with Crippen molar-refractivity contribution in [2.45, 2.75) is 76.9 Å². The lowest BCUT2D eigenvalue weighted by Gasteiger charge is -2.37. The number of hydrogen-bond donors (Lipinski definition) is 1. The highest BCUT2D eigenvalue weighted by atomic mass is 32.1. The van der Waals surface area contributed by atoms with Gasteiger partial charge in [-0.05, 0) is 71.8 Å². The third-order valence-corrected chi connectivity index (χ3v) is 5.53.